The van der Waals surface area contributed by atoms with Gasteiger partial charge >= 0.3 is 0 Å². The SMILES string of the molecule is CN=C(NCc1c(C)noc1C)NCC1(N2CCCC2)CCOCC1.I. The Morgan fingerprint density at radius 1 is 1.19 bits per heavy atom. The first-order chi connectivity index (χ1) is 12.1. The van der Waals surface area contributed by atoms with Crippen molar-refractivity contribution < 1.29 is 9.26 Å². The van der Waals surface area contributed by atoms with Gasteiger partial charge in [0.2, 0.25) is 0 Å². The van der Waals surface area contributed by atoms with Crippen molar-refractivity contribution in [2.75, 3.05) is 39.9 Å². The van der Waals surface area contributed by atoms with Gasteiger partial charge in [-0.2, -0.15) is 0 Å². The van der Waals surface area contributed by atoms with E-state index in [1.54, 1.807) is 0 Å². The van der Waals surface area contributed by atoms with Crippen LogP contribution in [0.15, 0.2) is 9.52 Å². The van der Waals surface area contributed by atoms with Crippen molar-refractivity contribution in [3.8, 4) is 0 Å². The van der Waals surface area contributed by atoms with Crippen molar-refractivity contribution in [2.45, 2.75) is 51.6 Å². The fourth-order valence-corrected chi connectivity index (χ4v) is 3.94. The van der Waals surface area contributed by atoms with Gasteiger partial charge in [0.25, 0.3) is 0 Å². The van der Waals surface area contributed by atoms with E-state index in [1.807, 2.05) is 20.9 Å². The third-order valence-corrected chi connectivity index (χ3v) is 5.62. The molecule has 0 bridgehead atoms. The Balaban J connectivity index is 0.00000243. The third kappa shape index (κ3) is 4.89. The fourth-order valence-electron chi connectivity index (χ4n) is 3.94. The molecule has 0 unspecified atom stereocenters. The third-order valence-electron chi connectivity index (χ3n) is 5.62. The van der Waals surface area contributed by atoms with E-state index in [0.29, 0.717) is 6.54 Å². The Morgan fingerprint density at radius 3 is 2.46 bits per heavy atom. The number of hydrogen-bond acceptors (Lipinski definition) is 5. The molecule has 1 aromatic rings. The van der Waals surface area contributed by atoms with Gasteiger partial charge in [-0.05, 0) is 52.6 Å². The number of aliphatic imine (C=N–C) groups is 1. The average molecular weight is 477 g/mol. The quantitative estimate of drug-likeness (QED) is 0.385. The van der Waals surface area contributed by atoms with Gasteiger partial charge in [-0.1, -0.05) is 5.16 Å². The van der Waals surface area contributed by atoms with Crippen LogP contribution in [-0.4, -0.2) is 61.5 Å². The van der Waals surface area contributed by atoms with Crippen molar-refractivity contribution in [1.82, 2.24) is 20.7 Å². The molecule has 2 N–H and O–H groups in total. The predicted octanol–water partition coefficient (Wildman–Crippen LogP) is 2.22. The molecule has 0 atom stereocenters. The number of ether oxygens (including phenoxy) is 1. The summed E-state index contributed by atoms with van der Waals surface area (Å²) in [6, 6.07) is 0. The smallest absolute Gasteiger partial charge is 0.191 e. The van der Waals surface area contributed by atoms with E-state index in [9.17, 15) is 0 Å². The molecule has 0 radical (unpaired) electrons. The number of rotatable bonds is 5. The van der Waals surface area contributed by atoms with Crippen LogP contribution < -0.4 is 10.6 Å². The van der Waals surface area contributed by atoms with E-state index < -0.39 is 0 Å². The second-order valence-electron chi connectivity index (χ2n) is 7.11. The van der Waals surface area contributed by atoms with Gasteiger partial charge in [-0.25, -0.2) is 0 Å². The van der Waals surface area contributed by atoms with Gasteiger partial charge in [0.1, 0.15) is 5.76 Å². The molecule has 2 aliphatic heterocycles. The molecule has 3 heterocycles. The van der Waals surface area contributed by atoms with Crippen LogP contribution in [0.3, 0.4) is 0 Å². The van der Waals surface area contributed by atoms with E-state index in [4.69, 9.17) is 9.26 Å². The summed E-state index contributed by atoms with van der Waals surface area (Å²) in [5.74, 6) is 1.68. The molecule has 8 heteroatoms. The van der Waals surface area contributed by atoms with E-state index in [1.165, 1.54) is 25.9 Å². The van der Waals surface area contributed by atoms with Crippen molar-refractivity contribution in [2.24, 2.45) is 4.99 Å². The van der Waals surface area contributed by atoms with Crippen LogP contribution in [0.4, 0.5) is 0 Å². The second-order valence-corrected chi connectivity index (χ2v) is 7.11. The standard InChI is InChI=1S/C18H31N5O2.HI/c1-14-16(15(2)25-22-14)12-20-17(19-3)21-13-18(6-10-24-11-7-18)23-8-4-5-9-23;/h4-13H2,1-3H3,(H2,19,20,21);1H. The number of guanidine groups is 1. The molecule has 148 valence electrons. The normalized spacial score (nSPS) is 20.7. The molecule has 0 aromatic carbocycles. The van der Waals surface area contributed by atoms with Crippen LogP contribution in [-0.2, 0) is 11.3 Å². The van der Waals surface area contributed by atoms with Gasteiger partial charge in [0, 0.05) is 44.5 Å². The van der Waals surface area contributed by atoms with Gasteiger partial charge in [-0.3, -0.25) is 9.89 Å². The number of aromatic nitrogens is 1. The summed E-state index contributed by atoms with van der Waals surface area (Å²) in [6.07, 6.45) is 4.78. The summed E-state index contributed by atoms with van der Waals surface area (Å²) in [6.45, 7) is 9.58. The highest BCUT2D eigenvalue weighted by Gasteiger charge is 2.39. The lowest BCUT2D eigenvalue weighted by Gasteiger charge is -2.45. The van der Waals surface area contributed by atoms with Crippen LogP contribution in [0.5, 0.6) is 0 Å². The summed E-state index contributed by atoms with van der Waals surface area (Å²) in [5.41, 5.74) is 2.22. The lowest BCUT2D eigenvalue weighted by Crippen LogP contribution is -2.58. The largest absolute Gasteiger partial charge is 0.381 e. The van der Waals surface area contributed by atoms with Crippen LogP contribution in [0, 0.1) is 13.8 Å². The lowest BCUT2D eigenvalue weighted by atomic mass is 9.88. The molecule has 26 heavy (non-hydrogen) atoms. The number of halogens is 1. The minimum atomic E-state index is 0. The molecular formula is C18H32IN5O2. The Bertz CT molecular complexity index is 573. The van der Waals surface area contributed by atoms with Crippen molar-refractivity contribution in [1.29, 1.82) is 0 Å². The molecule has 0 saturated carbocycles. The molecule has 0 aliphatic carbocycles. The summed E-state index contributed by atoms with van der Waals surface area (Å²) in [4.78, 5) is 7.04. The maximum Gasteiger partial charge on any atom is 0.191 e. The van der Waals surface area contributed by atoms with Gasteiger partial charge in [-0.15, -0.1) is 24.0 Å². The Kier molecular flexibility index (Phi) is 8.15. The fraction of sp³-hybridized carbons (Fsp3) is 0.778. The topological polar surface area (TPSA) is 74.9 Å². The molecule has 0 amide bonds. The number of nitrogens with one attached hydrogen (secondary N) is 2. The van der Waals surface area contributed by atoms with Crippen LogP contribution in [0.2, 0.25) is 0 Å². The molecule has 2 fully saturated rings. The van der Waals surface area contributed by atoms with Crippen molar-refractivity contribution in [3.05, 3.63) is 17.0 Å². The van der Waals surface area contributed by atoms with E-state index >= 15 is 0 Å². The molecule has 0 spiro atoms. The minimum Gasteiger partial charge on any atom is -0.381 e. The van der Waals surface area contributed by atoms with E-state index in [2.05, 4.69) is 25.7 Å². The van der Waals surface area contributed by atoms with E-state index in [0.717, 1.165) is 55.6 Å². The zero-order valence-corrected chi connectivity index (χ0v) is 18.5. The van der Waals surface area contributed by atoms with Crippen molar-refractivity contribution in [3.63, 3.8) is 0 Å². The second kappa shape index (κ2) is 9.89. The highest BCUT2D eigenvalue weighted by molar-refractivity contribution is 14.0. The summed E-state index contributed by atoms with van der Waals surface area (Å²) < 4.78 is 10.9. The van der Waals surface area contributed by atoms with Gasteiger partial charge in [0.05, 0.1) is 5.69 Å². The Labute approximate surface area is 173 Å². The molecule has 3 rings (SSSR count). The summed E-state index contributed by atoms with van der Waals surface area (Å²) in [7, 11) is 1.81. The maximum atomic E-state index is 5.62. The van der Waals surface area contributed by atoms with E-state index in [-0.39, 0.29) is 29.5 Å². The first kappa shape index (κ1) is 21.4. The first-order valence-corrected chi connectivity index (χ1v) is 9.34. The summed E-state index contributed by atoms with van der Waals surface area (Å²) in [5, 5.41) is 10.9. The molecule has 1 aromatic heterocycles. The number of nitrogens with zero attached hydrogens (tertiary/aromatic N) is 3. The highest BCUT2D eigenvalue weighted by Crippen LogP contribution is 2.30. The zero-order valence-electron chi connectivity index (χ0n) is 16.1. The van der Waals surface area contributed by atoms with Gasteiger partial charge in [0.15, 0.2) is 5.96 Å². The number of likely N-dealkylation sites (tertiary alicyclic amines) is 1. The Hall–Kier alpha value is -0.870. The molecule has 2 aliphatic rings. The van der Waals surface area contributed by atoms with Crippen LogP contribution in [0.1, 0.15) is 42.7 Å². The zero-order chi connectivity index (χ0) is 17.7. The number of hydrogen-bond donors (Lipinski definition) is 2. The highest BCUT2D eigenvalue weighted by atomic mass is 127. The molecule has 2 saturated heterocycles. The molecule has 7 nitrogen and oxygen atoms in total. The number of aryl methyl sites for hydroxylation is 2. The predicted molar refractivity (Wildman–Crippen MR) is 113 cm³/mol. The van der Waals surface area contributed by atoms with Crippen molar-refractivity contribution >= 4 is 29.9 Å². The van der Waals surface area contributed by atoms with Crippen LogP contribution in [0.25, 0.3) is 0 Å². The average Bonchev–Trinajstić information content (AvgIpc) is 3.28. The lowest BCUT2D eigenvalue weighted by molar-refractivity contribution is -0.0164. The summed E-state index contributed by atoms with van der Waals surface area (Å²) >= 11 is 0. The maximum absolute atomic E-state index is 5.62. The molecular weight excluding hydrogens is 445 g/mol. The first-order valence-electron chi connectivity index (χ1n) is 9.34. The Morgan fingerprint density at radius 2 is 1.88 bits per heavy atom. The monoisotopic (exact) mass is 477 g/mol. The van der Waals surface area contributed by atoms with Gasteiger partial charge < -0.3 is 19.9 Å². The minimum absolute atomic E-state index is 0. The van der Waals surface area contributed by atoms with Crippen LogP contribution >= 0.6 is 24.0 Å².